The number of nitrogens with zero attached hydrogens (tertiary/aromatic N) is 1. The van der Waals surface area contributed by atoms with Gasteiger partial charge in [-0.25, -0.2) is 5.48 Å². The van der Waals surface area contributed by atoms with Gasteiger partial charge in [-0.15, -0.1) is 0 Å². The number of carbonyl (C=O) groups is 1. The highest BCUT2D eigenvalue weighted by Crippen LogP contribution is 2.12. The van der Waals surface area contributed by atoms with Crippen molar-refractivity contribution in [3.63, 3.8) is 0 Å². The SMILES string of the molecule is C=COCCONC(=O)c1ccc2[nH]ncc2c1. The quantitative estimate of drug-likeness (QED) is 0.459. The zero-order valence-electron chi connectivity index (χ0n) is 9.68. The van der Waals surface area contributed by atoms with E-state index in [-0.39, 0.29) is 12.5 Å². The van der Waals surface area contributed by atoms with Crippen molar-refractivity contribution in [2.45, 2.75) is 0 Å². The third-order valence-electron chi connectivity index (χ3n) is 2.29. The highest BCUT2D eigenvalue weighted by molar-refractivity contribution is 5.97. The molecule has 0 aliphatic heterocycles. The maximum absolute atomic E-state index is 11.7. The molecule has 0 saturated heterocycles. The highest BCUT2D eigenvalue weighted by Gasteiger charge is 2.06. The zero-order valence-corrected chi connectivity index (χ0v) is 9.68. The Labute approximate surface area is 104 Å². The largest absolute Gasteiger partial charge is 0.499 e. The van der Waals surface area contributed by atoms with Crippen LogP contribution in [0.4, 0.5) is 0 Å². The molecular formula is C12H13N3O3. The maximum Gasteiger partial charge on any atom is 0.274 e. The molecule has 1 heterocycles. The molecular weight excluding hydrogens is 234 g/mol. The van der Waals surface area contributed by atoms with Crippen molar-refractivity contribution in [1.29, 1.82) is 0 Å². The maximum atomic E-state index is 11.7. The third-order valence-corrected chi connectivity index (χ3v) is 2.29. The first-order valence-electron chi connectivity index (χ1n) is 5.39. The standard InChI is InChI=1S/C12H13N3O3/c1-2-17-5-6-18-15-12(16)9-3-4-11-10(7-9)8-13-14-11/h2-4,7-8H,1,5-6H2,(H,13,14)(H,15,16). The van der Waals surface area contributed by atoms with E-state index >= 15 is 0 Å². The van der Waals surface area contributed by atoms with Gasteiger partial charge >= 0.3 is 0 Å². The van der Waals surface area contributed by atoms with Gasteiger partial charge in [0.25, 0.3) is 5.91 Å². The van der Waals surface area contributed by atoms with E-state index in [0.29, 0.717) is 12.2 Å². The van der Waals surface area contributed by atoms with Gasteiger partial charge in [0.2, 0.25) is 0 Å². The minimum absolute atomic E-state index is 0.256. The first-order chi connectivity index (χ1) is 8.81. The van der Waals surface area contributed by atoms with Crippen molar-refractivity contribution in [1.82, 2.24) is 15.7 Å². The van der Waals surface area contributed by atoms with E-state index in [4.69, 9.17) is 9.57 Å². The Morgan fingerprint density at radius 1 is 1.50 bits per heavy atom. The van der Waals surface area contributed by atoms with Gasteiger partial charge in [-0.05, 0) is 18.2 Å². The smallest absolute Gasteiger partial charge is 0.274 e. The van der Waals surface area contributed by atoms with Crippen molar-refractivity contribution < 1.29 is 14.4 Å². The van der Waals surface area contributed by atoms with Gasteiger partial charge in [0.05, 0.1) is 18.0 Å². The molecule has 1 aromatic heterocycles. The monoisotopic (exact) mass is 247 g/mol. The van der Waals surface area contributed by atoms with Crippen LogP contribution < -0.4 is 5.48 Å². The van der Waals surface area contributed by atoms with Gasteiger partial charge in [-0.1, -0.05) is 6.58 Å². The molecule has 0 radical (unpaired) electrons. The fourth-order valence-electron chi connectivity index (χ4n) is 1.43. The first kappa shape index (κ1) is 12.1. The number of carbonyl (C=O) groups excluding carboxylic acids is 1. The lowest BCUT2D eigenvalue weighted by Gasteiger charge is -2.05. The second-order valence-corrected chi connectivity index (χ2v) is 3.49. The minimum Gasteiger partial charge on any atom is -0.499 e. The number of rotatable bonds is 6. The minimum atomic E-state index is -0.309. The second kappa shape index (κ2) is 5.83. The van der Waals surface area contributed by atoms with Gasteiger partial charge in [0.1, 0.15) is 13.2 Å². The van der Waals surface area contributed by atoms with Crippen LogP contribution in [0.25, 0.3) is 10.9 Å². The Balaban J connectivity index is 1.89. The third kappa shape index (κ3) is 2.86. The molecule has 0 atom stereocenters. The first-order valence-corrected chi connectivity index (χ1v) is 5.39. The van der Waals surface area contributed by atoms with Gasteiger partial charge < -0.3 is 4.74 Å². The highest BCUT2D eigenvalue weighted by atomic mass is 16.7. The molecule has 2 rings (SSSR count). The summed E-state index contributed by atoms with van der Waals surface area (Å²) in [6, 6.07) is 5.22. The summed E-state index contributed by atoms with van der Waals surface area (Å²) >= 11 is 0. The molecule has 0 saturated carbocycles. The molecule has 0 fully saturated rings. The Morgan fingerprint density at radius 2 is 2.39 bits per heavy atom. The number of H-pyrrole nitrogens is 1. The average Bonchev–Trinajstić information content (AvgIpc) is 2.85. The number of fused-ring (bicyclic) bond motifs is 1. The van der Waals surface area contributed by atoms with Crippen LogP contribution in [-0.4, -0.2) is 29.3 Å². The summed E-state index contributed by atoms with van der Waals surface area (Å²) in [5.74, 6) is -0.309. The van der Waals surface area contributed by atoms with Crippen LogP contribution in [0.15, 0.2) is 37.2 Å². The predicted octanol–water partition coefficient (Wildman–Crippen LogP) is 1.38. The van der Waals surface area contributed by atoms with Crippen LogP contribution in [0.1, 0.15) is 10.4 Å². The molecule has 0 aliphatic rings. The van der Waals surface area contributed by atoms with E-state index in [1.807, 2.05) is 0 Å². The van der Waals surface area contributed by atoms with Gasteiger partial charge in [-0.2, -0.15) is 5.10 Å². The summed E-state index contributed by atoms with van der Waals surface area (Å²) < 4.78 is 4.84. The summed E-state index contributed by atoms with van der Waals surface area (Å²) in [5, 5.41) is 7.57. The van der Waals surface area contributed by atoms with E-state index in [2.05, 4.69) is 22.3 Å². The fraction of sp³-hybridized carbons (Fsp3) is 0.167. The van der Waals surface area contributed by atoms with Gasteiger partial charge in [0.15, 0.2) is 0 Å². The summed E-state index contributed by atoms with van der Waals surface area (Å²) in [6.45, 7) is 3.98. The lowest BCUT2D eigenvalue weighted by atomic mass is 10.1. The van der Waals surface area contributed by atoms with Crippen molar-refractivity contribution in [3.05, 3.63) is 42.8 Å². The van der Waals surface area contributed by atoms with E-state index in [9.17, 15) is 4.79 Å². The van der Waals surface area contributed by atoms with Crippen molar-refractivity contribution >= 4 is 16.8 Å². The summed E-state index contributed by atoms with van der Waals surface area (Å²) in [4.78, 5) is 16.7. The number of aromatic amines is 1. The number of hydrogen-bond acceptors (Lipinski definition) is 4. The van der Waals surface area contributed by atoms with Crippen LogP contribution in [-0.2, 0) is 9.57 Å². The Hall–Kier alpha value is -2.34. The van der Waals surface area contributed by atoms with Crippen LogP contribution in [0.5, 0.6) is 0 Å². The summed E-state index contributed by atoms with van der Waals surface area (Å²) in [5.41, 5.74) is 3.72. The van der Waals surface area contributed by atoms with Gasteiger partial charge in [-0.3, -0.25) is 14.7 Å². The lowest BCUT2D eigenvalue weighted by Crippen LogP contribution is -2.25. The normalized spacial score (nSPS) is 10.2. The molecule has 2 aromatic rings. The molecule has 94 valence electrons. The Morgan fingerprint density at radius 3 is 3.22 bits per heavy atom. The van der Waals surface area contributed by atoms with E-state index in [0.717, 1.165) is 10.9 Å². The predicted molar refractivity (Wildman–Crippen MR) is 65.7 cm³/mol. The second-order valence-electron chi connectivity index (χ2n) is 3.49. The van der Waals surface area contributed by atoms with Crippen LogP contribution in [0.3, 0.4) is 0 Å². The average molecular weight is 247 g/mol. The molecule has 6 heteroatoms. The number of ether oxygens (including phenoxy) is 1. The van der Waals surface area contributed by atoms with Gasteiger partial charge in [0, 0.05) is 10.9 Å². The van der Waals surface area contributed by atoms with E-state index in [1.165, 1.54) is 6.26 Å². The number of hydroxylamine groups is 1. The number of amides is 1. The van der Waals surface area contributed by atoms with Crippen LogP contribution in [0.2, 0.25) is 0 Å². The Kier molecular flexibility index (Phi) is 3.93. The zero-order chi connectivity index (χ0) is 12.8. The number of benzene rings is 1. The molecule has 1 amide bonds. The molecule has 2 N–H and O–H groups in total. The molecule has 0 unspecified atom stereocenters. The number of nitrogens with one attached hydrogen (secondary N) is 2. The van der Waals surface area contributed by atoms with Crippen molar-refractivity contribution in [2.75, 3.05) is 13.2 Å². The Bertz CT molecular complexity index is 550. The van der Waals surface area contributed by atoms with Crippen LogP contribution in [0, 0.1) is 0 Å². The lowest BCUT2D eigenvalue weighted by molar-refractivity contribution is 0.0145. The number of aromatic nitrogens is 2. The van der Waals surface area contributed by atoms with Crippen molar-refractivity contribution in [3.8, 4) is 0 Å². The summed E-state index contributed by atoms with van der Waals surface area (Å²) in [7, 11) is 0. The molecule has 0 spiro atoms. The van der Waals surface area contributed by atoms with E-state index < -0.39 is 0 Å². The molecule has 0 bridgehead atoms. The van der Waals surface area contributed by atoms with Crippen molar-refractivity contribution in [2.24, 2.45) is 0 Å². The molecule has 6 nitrogen and oxygen atoms in total. The summed E-state index contributed by atoms with van der Waals surface area (Å²) in [6.07, 6.45) is 2.98. The fourth-order valence-corrected chi connectivity index (χ4v) is 1.43. The topological polar surface area (TPSA) is 76.2 Å². The van der Waals surface area contributed by atoms with E-state index in [1.54, 1.807) is 24.4 Å². The number of hydrogen-bond donors (Lipinski definition) is 2. The molecule has 1 aromatic carbocycles. The van der Waals surface area contributed by atoms with Crippen LogP contribution >= 0.6 is 0 Å². The molecule has 0 aliphatic carbocycles. The molecule has 18 heavy (non-hydrogen) atoms.